The van der Waals surface area contributed by atoms with Crippen LogP contribution in [0.25, 0.3) is 0 Å². The van der Waals surface area contributed by atoms with E-state index in [1.165, 1.54) is 56.4 Å². The maximum Gasteiger partial charge on any atom is 0.330 e. The second kappa shape index (κ2) is 8.51. The highest BCUT2D eigenvalue weighted by atomic mass is 16.5. The molecule has 2 heteroatoms. The molecule has 0 unspecified atom stereocenters. The third-order valence-electron chi connectivity index (χ3n) is 5.39. The molecule has 2 aliphatic carbocycles. The molecule has 0 aromatic carbocycles. The summed E-state index contributed by atoms with van der Waals surface area (Å²) in [7, 11) is 1.40. The van der Waals surface area contributed by atoms with Gasteiger partial charge >= 0.3 is 5.97 Å². The Kier molecular flexibility index (Phi) is 6.64. The van der Waals surface area contributed by atoms with Crippen LogP contribution >= 0.6 is 0 Å². The molecule has 2 nitrogen and oxygen atoms in total. The maximum atomic E-state index is 11.2. The van der Waals surface area contributed by atoms with Gasteiger partial charge in [0.2, 0.25) is 0 Å². The quantitative estimate of drug-likeness (QED) is 0.345. The van der Waals surface area contributed by atoms with Crippen LogP contribution in [0.5, 0.6) is 0 Å². The summed E-state index contributed by atoms with van der Waals surface area (Å²) in [6, 6.07) is 0. The average Bonchev–Trinajstić information content (AvgIpc) is 2.78. The van der Waals surface area contributed by atoms with E-state index in [0.717, 1.165) is 12.0 Å². The SMILES string of the molecule is COC(=O)/C=C(C)/C=C\C=C(/C)C1=CC2=C(CCC1)CCCC2(C)C. The van der Waals surface area contributed by atoms with Gasteiger partial charge in [-0.25, -0.2) is 4.79 Å². The van der Waals surface area contributed by atoms with E-state index in [1.807, 2.05) is 19.1 Å². The molecule has 0 atom stereocenters. The Hall–Kier alpha value is -1.83. The van der Waals surface area contributed by atoms with Crippen molar-refractivity contribution >= 4 is 5.97 Å². The molecule has 0 aliphatic heterocycles. The minimum atomic E-state index is -0.312. The summed E-state index contributed by atoms with van der Waals surface area (Å²) in [5.74, 6) is -0.312. The molecule has 0 bridgehead atoms. The van der Waals surface area contributed by atoms with Crippen molar-refractivity contribution < 1.29 is 9.53 Å². The lowest BCUT2D eigenvalue weighted by molar-refractivity contribution is -0.134. The second-order valence-electron chi connectivity index (χ2n) is 7.90. The molecule has 2 rings (SSSR count). The average molecular weight is 341 g/mol. The maximum absolute atomic E-state index is 11.2. The molecular weight excluding hydrogens is 308 g/mol. The van der Waals surface area contributed by atoms with Crippen LogP contribution in [-0.4, -0.2) is 13.1 Å². The van der Waals surface area contributed by atoms with E-state index in [-0.39, 0.29) is 5.97 Å². The molecule has 0 N–H and O–H groups in total. The first-order valence-electron chi connectivity index (χ1n) is 9.38. The van der Waals surface area contributed by atoms with Crippen molar-refractivity contribution in [3.63, 3.8) is 0 Å². The monoisotopic (exact) mass is 340 g/mol. The lowest BCUT2D eigenvalue weighted by Crippen LogP contribution is -2.19. The number of esters is 1. The highest BCUT2D eigenvalue weighted by Crippen LogP contribution is 2.45. The van der Waals surface area contributed by atoms with Crippen LogP contribution in [0.2, 0.25) is 0 Å². The van der Waals surface area contributed by atoms with E-state index >= 15 is 0 Å². The molecule has 0 saturated carbocycles. The van der Waals surface area contributed by atoms with Gasteiger partial charge in [0.1, 0.15) is 0 Å². The first kappa shape index (κ1) is 19.5. The molecule has 0 spiro atoms. The minimum Gasteiger partial charge on any atom is -0.466 e. The molecule has 136 valence electrons. The number of hydrogen-bond acceptors (Lipinski definition) is 2. The summed E-state index contributed by atoms with van der Waals surface area (Å²) in [6.45, 7) is 8.88. The van der Waals surface area contributed by atoms with Crippen LogP contribution in [-0.2, 0) is 9.53 Å². The topological polar surface area (TPSA) is 26.3 Å². The van der Waals surface area contributed by atoms with Crippen molar-refractivity contribution in [2.45, 2.75) is 66.2 Å². The number of methoxy groups -OCH3 is 1. The van der Waals surface area contributed by atoms with Gasteiger partial charge in [0.15, 0.2) is 0 Å². The zero-order valence-electron chi connectivity index (χ0n) is 16.4. The predicted molar refractivity (Wildman–Crippen MR) is 105 cm³/mol. The fourth-order valence-electron chi connectivity index (χ4n) is 3.84. The smallest absolute Gasteiger partial charge is 0.330 e. The summed E-state index contributed by atoms with van der Waals surface area (Å²) >= 11 is 0. The molecule has 0 saturated heterocycles. The lowest BCUT2D eigenvalue weighted by atomic mass is 9.71. The van der Waals surface area contributed by atoms with Gasteiger partial charge in [0, 0.05) is 6.08 Å². The van der Waals surface area contributed by atoms with E-state index in [1.54, 1.807) is 11.1 Å². The van der Waals surface area contributed by atoms with E-state index in [2.05, 4.69) is 37.7 Å². The number of ether oxygens (including phenoxy) is 1. The summed E-state index contributed by atoms with van der Waals surface area (Å²) in [4.78, 5) is 11.2. The standard InChI is InChI=1S/C23H32O2/c1-17(15-22(24)25-5)9-6-10-18(2)20-12-7-11-19-13-8-14-23(3,4)21(19)16-20/h6,9-10,15-16H,7-8,11-14H2,1-5H3/b9-6-,17-15+,18-10+. The third kappa shape index (κ3) is 5.32. The minimum absolute atomic E-state index is 0.305. The fourth-order valence-corrected chi connectivity index (χ4v) is 3.84. The van der Waals surface area contributed by atoms with Gasteiger partial charge < -0.3 is 4.74 Å². The zero-order valence-corrected chi connectivity index (χ0v) is 16.4. The van der Waals surface area contributed by atoms with Gasteiger partial charge in [-0.1, -0.05) is 43.7 Å². The lowest BCUT2D eigenvalue weighted by Gasteiger charge is -2.33. The van der Waals surface area contributed by atoms with Crippen molar-refractivity contribution in [1.29, 1.82) is 0 Å². The van der Waals surface area contributed by atoms with Gasteiger partial charge in [0.25, 0.3) is 0 Å². The summed E-state index contributed by atoms with van der Waals surface area (Å²) < 4.78 is 4.65. The second-order valence-corrected chi connectivity index (χ2v) is 7.90. The molecular formula is C23H32O2. The van der Waals surface area contributed by atoms with Gasteiger partial charge in [-0.3, -0.25) is 0 Å². The van der Waals surface area contributed by atoms with Gasteiger partial charge in [-0.15, -0.1) is 0 Å². The Bertz CT molecular complexity index is 666. The number of hydrogen-bond donors (Lipinski definition) is 0. The van der Waals surface area contributed by atoms with E-state index in [0.29, 0.717) is 5.41 Å². The summed E-state index contributed by atoms with van der Waals surface area (Å²) in [5, 5.41) is 0. The van der Waals surface area contributed by atoms with Crippen molar-refractivity contribution in [2.24, 2.45) is 5.41 Å². The fraction of sp³-hybridized carbons (Fsp3) is 0.522. The zero-order chi connectivity index (χ0) is 18.4. The molecule has 0 radical (unpaired) electrons. The summed E-state index contributed by atoms with van der Waals surface area (Å²) in [5.41, 5.74) is 7.25. The Morgan fingerprint density at radius 3 is 2.60 bits per heavy atom. The van der Waals surface area contributed by atoms with Crippen LogP contribution in [0.1, 0.15) is 66.2 Å². The Morgan fingerprint density at radius 2 is 1.88 bits per heavy atom. The molecule has 25 heavy (non-hydrogen) atoms. The van der Waals surface area contributed by atoms with Crippen molar-refractivity contribution in [3.05, 3.63) is 58.2 Å². The molecule has 0 aromatic rings. The molecule has 0 amide bonds. The van der Waals surface area contributed by atoms with Gasteiger partial charge in [-0.2, -0.15) is 0 Å². The largest absolute Gasteiger partial charge is 0.466 e. The van der Waals surface area contributed by atoms with Gasteiger partial charge in [-0.05, 0) is 80.1 Å². The predicted octanol–water partition coefficient (Wildman–Crippen LogP) is 6.23. The van der Waals surface area contributed by atoms with Crippen molar-refractivity contribution in [2.75, 3.05) is 7.11 Å². The first-order chi connectivity index (χ1) is 11.8. The molecule has 2 aliphatic rings. The van der Waals surface area contributed by atoms with Gasteiger partial charge in [0.05, 0.1) is 7.11 Å². The van der Waals surface area contributed by atoms with Crippen LogP contribution < -0.4 is 0 Å². The van der Waals surface area contributed by atoms with E-state index in [9.17, 15) is 4.79 Å². The number of carbonyl (C=O) groups is 1. The summed E-state index contributed by atoms with van der Waals surface area (Å²) in [6.07, 6.45) is 17.7. The van der Waals surface area contributed by atoms with Crippen LogP contribution in [0.3, 0.4) is 0 Å². The number of carbonyl (C=O) groups excluding carboxylic acids is 1. The van der Waals surface area contributed by atoms with Crippen LogP contribution in [0.15, 0.2) is 58.2 Å². The molecule has 0 heterocycles. The first-order valence-corrected chi connectivity index (χ1v) is 9.38. The Morgan fingerprint density at radius 1 is 1.16 bits per heavy atom. The normalized spacial score (nSPS) is 21.7. The number of allylic oxidation sites excluding steroid dienone is 9. The molecule has 0 aromatic heterocycles. The number of rotatable bonds is 4. The Balaban J connectivity index is 2.19. The highest BCUT2D eigenvalue weighted by Gasteiger charge is 2.29. The van der Waals surface area contributed by atoms with E-state index < -0.39 is 0 Å². The molecule has 0 fully saturated rings. The van der Waals surface area contributed by atoms with Crippen molar-refractivity contribution in [1.82, 2.24) is 0 Å². The van der Waals surface area contributed by atoms with E-state index in [4.69, 9.17) is 0 Å². The van der Waals surface area contributed by atoms with Crippen LogP contribution in [0.4, 0.5) is 0 Å². The highest BCUT2D eigenvalue weighted by molar-refractivity contribution is 5.83. The third-order valence-corrected chi connectivity index (χ3v) is 5.39. The Labute approximate surface area is 153 Å². The van der Waals surface area contributed by atoms with Crippen molar-refractivity contribution in [3.8, 4) is 0 Å². The van der Waals surface area contributed by atoms with Crippen LogP contribution in [0, 0.1) is 5.41 Å².